The van der Waals surface area contributed by atoms with E-state index < -0.39 is 0 Å². The first-order valence-corrected chi connectivity index (χ1v) is 4.89. The van der Waals surface area contributed by atoms with Gasteiger partial charge in [0.2, 0.25) is 0 Å². The minimum Gasteiger partial charge on any atom is -0.486 e. The fraction of sp³-hybridized carbons (Fsp3) is 0.455. The predicted octanol–water partition coefficient (Wildman–Crippen LogP) is 2.08. The van der Waals surface area contributed by atoms with Gasteiger partial charge in [0.05, 0.1) is 5.69 Å². The van der Waals surface area contributed by atoms with Crippen molar-refractivity contribution in [2.45, 2.75) is 13.2 Å². The first-order chi connectivity index (χ1) is 7.27. The highest BCUT2D eigenvalue weighted by molar-refractivity contribution is 5.85. The number of para-hydroxylation sites is 2. The van der Waals surface area contributed by atoms with Crippen molar-refractivity contribution in [3.8, 4) is 5.75 Å². The van der Waals surface area contributed by atoms with Crippen LogP contribution in [0.4, 0.5) is 5.69 Å². The molecule has 0 aliphatic carbocycles. The van der Waals surface area contributed by atoms with Gasteiger partial charge in [0.15, 0.2) is 6.29 Å². The van der Waals surface area contributed by atoms with Gasteiger partial charge in [-0.3, -0.25) is 0 Å². The highest BCUT2D eigenvalue weighted by atomic mass is 35.5. The van der Waals surface area contributed by atoms with Crippen LogP contribution in [-0.2, 0) is 9.47 Å². The second kappa shape index (κ2) is 8.21. The number of anilines is 1. The third kappa shape index (κ3) is 4.70. The zero-order valence-electron chi connectivity index (χ0n) is 9.51. The number of methoxy groups -OCH3 is 1. The molecular weight excluding hydrogens is 230 g/mol. The van der Waals surface area contributed by atoms with Crippen LogP contribution < -0.4 is 10.5 Å². The Morgan fingerprint density at radius 3 is 2.56 bits per heavy atom. The molecule has 0 amide bonds. The van der Waals surface area contributed by atoms with Crippen molar-refractivity contribution < 1.29 is 14.2 Å². The van der Waals surface area contributed by atoms with E-state index >= 15 is 0 Å². The lowest BCUT2D eigenvalue weighted by Gasteiger charge is -2.16. The van der Waals surface area contributed by atoms with Gasteiger partial charge in [0.25, 0.3) is 0 Å². The maximum atomic E-state index is 5.72. The number of benzene rings is 1. The van der Waals surface area contributed by atoms with Crippen LogP contribution in [0.2, 0.25) is 0 Å². The molecule has 0 saturated carbocycles. The van der Waals surface area contributed by atoms with E-state index in [0.29, 0.717) is 24.7 Å². The van der Waals surface area contributed by atoms with Gasteiger partial charge >= 0.3 is 0 Å². The van der Waals surface area contributed by atoms with E-state index in [1.54, 1.807) is 13.2 Å². The molecule has 1 unspecified atom stereocenters. The van der Waals surface area contributed by atoms with Crippen molar-refractivity contribution in [1.82, 2.24) is 0 Å². The Hall–Kier alpha value is -0.970. The van der Waals surface area contributed by atoms with Crippen LogP contribution in [0.5, 0.6) is 5.75 Å². The molecule has 0 spiro atoms. The minimum atomic E-state index is -0.352. The van der Waals surface area contributed by atoms with Gasteiger partial charge in [-0.1, -0.05) is 12.1 Å². The van der Waals surface area contributed by atoms with Gasteiger partial charge in [0.1, 0.15) is 12.4 Å². The topological polar surface area (TPSA) is 53.7 Å². The Morgan fingerprint density at radius 2 is 2.00 bits per heavy atom. The number of halogens is 1. The summed E-state index contributed by atoms with van der Waals surface area (Å²) in [5, 5.41) is 0. The molecule has 92 valence electrons. The fourth-order valence-electron chi connectivity index (χ4n) is 1.14. The lowest BCUT2D eigenvalue weighted by Crippen LogP contribution is -2.23. The summed E-state index contributed by atoms with van der Waals surface area (Å²) in [4.78, 5) is 0. The molecule has 2 N–H and O–H groups in total. The molecule has 0 bridgehead atoms. The van der Waals surface area contributed by atoms with Crippen LogP contribution in [0.3, 0.4) is 0 Å². The van der Waals surface area contributed by atoms with Crippen molar-refractivity contribution in [1.29, 1.82) is 0 Å². The van der Waals surface area contributed by atoms with Gasteiger partial charge in [-0.15, -0.1) is 12.4 Å². The van der Waals surface area contributed by atoms with Gasteiger partial charge < -0.3 is 19.9 Å². The molecule has 4 nitrogen and oxygen atoms in total. The van der Waals surface area contributed by atoms with E-state index in [1.807, 2.05) is 25.1 Å². The molecule has 1 rings (SSSR count). The summed E-state index contributed by atoms with van der Waals surface area (Å²) in [5.41, 5.74) is 6.33. The van der Waals surface area contributed by atoms with Crippen LogP contribution in [0.15, 0.2) is 24.3 Å². The van der Waals surface area contributed by atoms with Crippen molar-refractivity contribution in [3.05, 3.63) is 24.3 Å². The summed E-state index contributed by atoms with van der Waals surface area (Å²) in [6, 6.07) is 7.33. The zero-order valence-corrected chi connectivity index (χ0v) is 10.3. The Balaban J connectivity index is 0.00000225. The van der Waals surface area contributed by atoms with Gasteiger partial charge in [0, 0.05) is 13.7 Å². The smallest absolute Gasteiger partial charge is 0.191 e. The molecule has 0 radical (unpaired) electrons. The number of nitrogen functional groups attached to an aromatic ring is 1. The van der Waals surface area contributed by atoms with Gasteiger partial charge in [-0.25, -0.2) is 0 Å². The highest BCUT2D eigenvalue weighted by Gasteiger charge is 2.08. The maximum Gasteiger partial charge on any atom is 0.191 e. The van der Waals surface area contributed by atoms with Crippen LogP contribution in [-0.4, -0.2) is 26.6 Å². The number of hydrogen-bond acceptors (Lipinski definition) is 4. The predicted molar refractivity (Wildman–Crippen MR) is 66.0 cm³/mol. The van der Waals surface area contributed by atoms with E-state index in [2.05, 4.69) is 0 Å². The maximum absolute atomic E-state index is 5.72. The number of hydrogen-bond donors (Lipinski definition) is 1. The van der Waals surface area contributed by atoms with Crippen molar-refractivity contribution in [2.75, 3.05) is 26.1 Å². The third-order valence-corrected chi connectivity index (χ3v) is 1.91. The van der Waals surface area contributed by atoms with E-state index in [-0.39, 0.29) is 18.7 Å². The van der Waals surface area contributed by atoms with Crippen LogP contribution in [0.1, 0.15) is 6.92 Å². The molecule has 1 atom stereocenters. The molecular formula is C11H18ClNO3. The fourth-order valence-corrected chi connectivity index (χ4v) is 1.14. The third-order valence-electron chi connectivity index (χ3n) is 1.91. The quantitative estimate of drug-likeness (QED) is 0.618. The second-order valence-corrected chi connectivity index (χ2v) is 2.97. The number of nitrogens with two attached hydrogens (primary N) is 1. The zero-order chi connectivity index (χ0) is 11.1. The summed E-state index contributed by atoms with van der Waals surface area (Å²) in [6.45, 7) is 2.83. The van der Waals surface area contributed by atoms with E-state index in [9.17, 15) is 0 Å². The normalized spacial score (nSPS) is 11.6. The molecule has 1 aromatic rings. The van der Waals surface area contributed by atoms with Crippen molar-refractivity contribution >= 4 is 18.1 Å². The Morgan fingerprint density at radius 1 is 1.31 bits per heavy atom. The molecule has 16 heavy (non-hydrogen) atoms. The Kier molecular flexibility index (Phi) is 7.72. The molecule has 5 heteroatoms. The average molecular weight is 248 g/mol. The molecule has 0 saturated heterocycles. The van der Waals surface area contributed by atoms with Crippen molar-refractivity contribution in [2.24, 2.45) is 0 Å². The van der Waals surface area contributed by atoms with E-state index in [1.165, 1.54) is 0 Å². The monoisotopic (exact) mass is 247 g/mol. The SMILES string of the molecule is CCOC(COc1ccccc1N)OC.Cl. The summed E-state index contributed by atoms with van der Waals surface area (Å²) in [5.74, 6) is 0.652. The number of rotatable bonds is 6. The second-order valence-electron chi connectivity index (χ2n) is 2.97. The highest BCUT2D eigenvalue weighted by Crippen LogP contribution is 2.19. The standard InChI is InChI=1S/C11H17NO3.ClH/c1-3-14-11(13-2)8-15-10-7-5-4-6-9(10)12;/h4-7,11H,3,8,12H2,1-2H3;1H. The lowest BCUT2D eigenvalue weighted by atomic mass is 10.3. The summed E-state index contributed by atoms with van der Waals surface area (Å²) < 4.78 is 15.8. The molecule has 0 fully saturated rings. The van der Waals surface area contributed by atoms with Crippen LogP contribution in [0.25, 0.3) is 0 Å². The van der Waals surface area contributed by atoms with E-state index in [0.717, 1.165) is 0 Å². The average Bonchev–Trinajstić information content (AvgIpc) is 2.26. The van der Waals surface area contributed by atoms with Crippen LogP contribution >= 0.6 is 12.4 Å². The summed E-state index contributed by atoms with van der Waals surface area (Å²) in [7, 11) is 1.58. The summed E-state index contributed by atoms with van der Waals surface area (Å²) in [6.07, 6.45) is -0.352. The van der Waals surface area contributed by atoms with Crippen LogP contribution in [0, 0.1) is 0 Å². The minimum absolute atomic E-state index is 0. The molecule has 0 heterocycles. The molecule has 1 aromatic carbocycles. The molecule has 0 aliphatic heterocycles. The molecule has 0 aromatic heterocycles. The Bertz CT molecular complexity index is 296. The van der Waals surface area contributed by atoms with Gasteiger partial charge in [-0.2, -0.15) is 0 Å². The van der Waals surface area contributed by atoms with Crippen molar-refractivity contribution in [3.63, 3.8) is 0 Å². The van der Waals surface area contributed by atoms with Gasteiger partial charge in [-0.05, 0) is 19.1 Å². The Labute approximate surface area is 102 Å². The molecule has 0 aliphatic rings. The number of ether oxygens (including phenoxy) is 3. The largest absolute Gasteiger partial charge is 0.486 e. The first kappa shape index (κ1) is 15.0. The first-order valence-electron chi connectivity index (χ1n) is 4.89. The summed E-state index contributed by atoms with van der Waals surface area (Å²) >= 11 is 0. The lowest BCUT2D eigenvalue weighted by molar-refractivity contribution is -0.137. The van der Waals surface area contributed by atoms with E-state index in [4.69, 9.17) is 19.9 Å².